The minimum Gasteiger partial charge on any atom is -0.397 e. The molecule has 200 valence electrons. The van der Waals surface area contributed by atoms with Crippen LogP contribution in [0.4, 0.5) is 5.69 Å². The number of aryl methyl sites for hydroxylation is 2. The van der Waals surface area contributed by atoms with E-state index in [9.17, 15) is 16.8 Å². The number of aromatic nitrogens is 1. The summed E-state index contributed by atoms with van der Waals surface area (Å²) in [6, 6.07) is 7.84. The number of allylic oxidation sites excluding steroid dienone is 2. The lowest BCUT2D eigenvalue weighted by atomic mass is 10.2. The molecule has 0 saturated heterocycles. The molecule has 0 aliphatic carbocycles. The number of anilines is 1. The van der Waals surface area contributed by atoms with Crippen molar-refractivity contribution in [1.29, 1.82) is 0 Å². The number of halogens is 1. The zero-order chi connectivity index (χ0) is 27.0. The monoisotopic (exact) mass is 649 g/mol. The second-order valence-corrected chi connectivity index (χ2v) is 15.0. The van der Waals surface area contributed by atoms with E-state index in [-0.39, 0.29) is 24.3 Å². The van der Waals surface area contributed by atoms with E-state index in [1.807, 2.05) is 59.7 Å². The van der Waals surface area contributed by atoms with Crippen molar-refractivity contribution in [3.63, 3.8) is 0 Å². The fourth-order valence-corrected chi connectivity index (χ4v) is 7.46. The third-order valence-corrected chi connectivity index (χ3v) is 9.76. The first-order chi connectivity index (χ1) is 17.3. The predicted molar refractivity (Wildman–Crippen MR) is 150 cm³/mol. The Morgan fingerprint density at radius 1 is 1.14 bits per heavy atom. The van der Waals surface area contributed by atoms with Gasteiger partial charge in [-0.3, -0.25) is 9.11 Å². The molecule has 2 aromatic heterocycles. The summed E-state index contributed by atoms with van der Waals surface area (Å²) in [4.78, 5) is 5.01. The molecule has 3 aromatic rings. The Balaban J connectivity index is 1.64. The Morgan fingerprint density at radius 3 is 2.54 bits per heavy atom. The van der Waals surface area contributed by atoms with Gasteiger partial charge in [0.1, 0.15) is 0 Å². The molecule has 0 spiro atoms. The van der Waals surface area contributed by atoms with Crippen molar-refractivity contribution in [3.05, 3.63) is 56.2 Å². The SMILES string of the molecule is CC(=Cc1oc2cc(C)sc2[n+]1CCCS(=O)(=O)O)C=C1Sc2ccc(Br)cc2N1CCCS(=O)(=O)O. The highest BCUT2D eigenvalue weighted by Gasteiger charge is 2.27. The molecule has 1 aliphatic heterocycles. The smallest absolute Gasteiger partial charge is 0.375 e. The second-order valence-electron chi connectivity index (χ2n) is 8.63. The van der Waals surface area contributed by atoms with Crippen LogP contribution in [0, 0.1) is 6.92 Å². The van der Waals surface area contributed by atoms with Gasteiger partial charge in [0, 0.05) is 33.3 Å². The minimum atomic E-state index is -4.06. The third kappa shape index (κ3) is 7.46. The first-order valence-electron chi connectivity index (χ1n) is 11.3. The normalized spacial score (nSPS) is 15.8. The van der Waals surface area contributed by atoms with E-state index in [4.69, 9.17) is 13.5 Å². The average Bonchev–Trinajstić information content (AvgIpc) is 3.38. The highest BCUT2D eigenvalue weighted by Crippen LogP contribution is 2.47. The number of thioether (sulfide) groups is 1. The zero-order valence-corrected chi connectivity index (χ0v) is 24.9. The van der Waals surface area contributed by atoms with Crippen LogP contribution < -0.4 is 9.47 Å². The summed E-state index contributed by atoms with van der Waals surface area (Å²) in [5.74, 6) is -0.107. The van der Waals surface area contributed by atoms with Crippen LogP contribution >= 0.6 is 39.0 Å². The molecule has 0 atom stereocenters. The van der Waals surface area contributed by atoms with Crippen LogP contribution in [0.2, 0.25) is 0 Å². The Bertz CT molecular complexity index is 1600. The van der Waals surface area contributed by atoms with Crippen molar-refractivity contribution in [1.82, 2.24) is 0 Å². The number of rotatable bonds is 10. The molecule has 0 unspecified atom stereocenters. The lowest BCUT2D eigenvalue weighted by Gasteiger charge is -2.20. The summed E-state index contributed by atoms with van der Waals surface area (Å²) in [6.45, 7) is 4.66. The van der Waals surface area contributed by atoms with Crippen LogP contribution in [0.25, 0.3) is 16.5 Å². The molecule has 0 saturated carbocycles. The van der Waals surface area contributed by atoms with E-state index >= 15 is 0 Å². The number of hydrogen-bond acceptors (Lipinski definition) is 8. The quantitative estimate of drug-likeness (QED) is 0.223. The van der Waals surface area contributed by atoms with Gasteiger partial charge in [-0.05, 0) is 50.1 Å². The Labute approximate surface area is 232 Å². The van der Waals surface area contributed by atoms with Crippen molar-refractivity contribution < 1.29 is 34.9 Å². The van der Waals surface area contributed by atoms with E-state index in [0.717, 1.165) is 35.4 Å². The number of oxazole rings is 1. The number of nitrogens with zero attached hydrogens (tertiary/aromatic N) is 2. The summed E-state index contributed by atoms with van der Waals surface area (Å²) >= 11 is 6.61. The van der Waals surface area contributed by atoms with Crippen molar-refractivity contribution in [2.24, 2.45) is 0 Å². The Kier molecular flexibility index (Phi) is 8.58. The highest BCUT2D eigenvalue weighted by atomic mass is 79.9. The van der Waals surface area contributed by atoms with Gasteiger partial charge in [0.05, 0.1) is 28.3 Å². The predicted octanol–water partition coefficient (Wildman–Crippen LogP) is 5.27. The average molecular weight is 651 g/mol. The molecule has 9 nitrogen and oxygen atoms in total. The molecule has 14 heteroatoms. The first-order valence-corrected chi connectivity index (χ1v) is 16.9. The molecular formula is C23H26BrN2O7S4+. The van der Waals surface area contributed by atoms with Crippen LogP contribution in [-0.2, 0) is 26.8 Å². The van der Waals surface area contributed by atoms with Crippen LogP contribution in [0.3, 0.4) is 0 Å². The van der Waals surface area contributed by atoms with Gasteiger partial charge < -0.3 is 9.32 Å². The molecule has 0 fully saturated rings. The zero-order valence-electron chi connectivity index (χ0n) is 20.0. The molecule has 1 aliphatic rings. The topological polar surface area (TPSA) is 129 Å². The molecule has 3 heterocycles. The molecule has 4 rings (SSSR count). The Hall–Kier alpha value is -1.68. The molecular weight excluding hydrogens is 624 g/mol. The standard InChI is InChI=1S/C23H25BrN2O7S4/c1-15(11-21-26(8-4-10-37(30,31)32)23-19(33-21)13-16(2)34-23)12-22-25(7-3-9-36(27,28)29)18-14-17(24)5-6-20(18)35-22/h5-6,11-14H,3-4,7-10H2,1-2H3,(H-,27,28,29,30,31,32)/p+1. The molecule has 0 radical (unpaired) electrons. The van der Waals surface area contributed by atoms with Gasteiger partial charge in [-0.1, -0.05) is 39.0 Å². The largest absolute Gasteiger partial charge is 0.397 e. The van der Waals surface area contributed by atoms with Crippen LogP contribution in [0.5, 0.6) is 0 Å². The van der Waals surface area contributed by atoms with Crippen molar-refractivity contribution in [3.8, 4) is 0 Å². The van der Waals surface area contributed by atoms with Gasteiger partial charge in [0.15, 0.2) is 6.54 Å². The fraction of sp³-hybridized carbons (Fsp3) is 0.348. The molecule has 1 aromatic carbocycles. The minimum absolute atomic E-state index is 0.234. The second kappa shape index (κ2) is 11.2. The molecule has 2 N–H and O–H groups in total. The molecule has 37 heavy (non-hydrogen) atoms. The van der Waals surface area contributed by atoms with Crippen LogP contribution in [0.15, 0.2) is 54.7 Å². The maximum atomic E-state index is 11.2. The van der Waals surface area contributed by atoms with E-state index in [0.29, 0.717) is 24.6 Å². The van der Waals surface area contributed by atoms with Crippen LogP contribution in [-0.4, -0.2) is 44.0 Å². The maximum Gasteiger partial charge on any atom is 0.375 e. The van der Waals surface area contributed by atoms with Gasteiger partial charge in [-0.2, -0.15) is 16.8 Å². The van der Waals surface area contributed by atoms with Crippen molar-refractivity contribution >= 4 is 81.4 Å². The number of fused-ring (bicyclic) bond motifs is 2. The van der Waals surface area contributed by atoms with Crippen molar-refractivity contribution in [2.75, 3.05) is 23.0 Å². The highest BCUT2D eigenvalue weighted by molar-refractivity contribution is 9.10. The number of hydrogen-bond donors (Lipinski definition) is 2. The summed E-state index contributed by atoms with van der Waals surface area (Å²) in [5.41, 5.74) is 2.53. The van der Waals surface area contributed by atoms with E-state index < -0.39 is 20.2 Å². The van der Waals surface area contributed by atoms with Gasteiger partial charge in [0.2, 0.25) is 5.58 Å². The summed E-state index contributed by atoms with van der Waals surface area (Å²) in [7, 11) is -8.12. The molecule has 0 bridgehead atoms. The maximum absolute atomic E-state index is 11.2. The lowest BCUT2D eigenvalue weighted by Crippen LogP contribution is -2.35. The first kappa shape index (κ1) is 28.3. The summed E-state index contributed by atoms with van der Waals surface area (Å²) < 4.78 is 72.1. The van der Waals surface area contributed by atoms with Crippen LogP contribution in [0.1, 0.15) is 30.5 Å². The van der Waals surface area contributed by atoms with E-state index in [1.165, 1.54) is 0 Å². The third-order valence-electron chi connectivity index (χ3n) is 5.49. The number of benzene rings is 1. The molecule has 0 amide bonds. The fourth-order valence-electron chi connectivity index (χ4n) is 3.98. The van der Waals surface area contributed by atoms with E-state index in [2.05, 4.69) is 15.9 Å². The van der Waals surface area contributed by atoms with Gasteiger partial charge in [-0.15, -0.1) is 4.57 Å². The van der Waals surface area contributed by atoms with Gasteiger partial charge in [0.25, 0.3) is 20.2 Å². The van der Waals surface area contributed by atoms with Gasteiger partial charge in [-0.25, -0.2) is 0 Å². The number of thiophene rings is 1. The van der Waals surface area contributed by atoms with E-state index in [1.54, 1.807) is 23.1 Å². The lowest BCUT2D eigenvalue weighted by molar-refractivity contribution is -0.676. The summed E-state index contributed by atoms with van der Waals surface area (Å²) in [5, 5.41) is 0.902. The van der Waals surface area contributed by atoms with Crippen molar-refractivity contribution in [2.45, 2.75) is 38.1 Å². The Morgan fingerprint density at radius 2 is 1.84 bits per heavy atom. The summed E-state index contributed by atoms with van der Waals surface area (Å²) in [6.07, 6.45) is 4.35. The van der Waals surface area contributed by atoms with Gasteiger partial charge >= 0.3 is 10.7 Å².